The molecule has 1 atom stereocenters. The van der Waals surface area contributed by atoms with Gasteiger partial charge in [-0.25, -0.2) is 9.59 Å². The first-order chi connectivity index (χ1) is 12.1. The molecule has 0 bridgehead atoms. The number of anilines is 1. The number of nitrogens with one attached hydrogen (secondary N) is 1. The Labute approximate surface area is 147 Å². The van der Waals surface area contributed by atoms with Crippen molar-refractivity contribution in [1.82, 2.24) is 4.90 Å². The van der Waals surface area contributed by atoms with Gasteiger partial charge in [-0.15, -0.1) is 0 Å². The van der Waals surface area contributed by atoms with Crippen LogP contribution >= 0.6 is 0 Å². The summed E-state index contributed by atoms with van der Waals surface area (Å²) in [4.78, 5) is 25.2. The Morgan fingerprint density at radius 1 is 1.08 bits per heavy atom. The Balaban J connectivity index is 1.57. The van der Waals surface area contributed by atoms with Crippen LogP contribution < -0.4 is 5.32 Å². The third-order valence-corrected chi connectivity index (χ3v) is 4.56. The second-order valence-corrected chi connectivity index (χ2v) is 6.46. The minimum Gasteiger partial charge on any atom is -0.478 e. The predicted molar refractivity (Wildman–Crippen MR) is 96.9 cm³/mol. The summed E-state index contributed by atoms with van der Waals surface area (Å²) in [5.74, 6) is -0.515. The molecule has 1 fully saturated rings. The third kappa shape index (κ3) is 4.59. The molecule has 5 nitrogen and oxygen atoms in total. The molecule has 25 heavy (non-hydrogen) atoms. The molecule has 1 heterocycles. The van der Waals surface area contributed by atoms with E-state index in [0.717, 1.165) is 43.6 Å². The van der Waals surface area contributed by atoms with Crippen molar-refractivity contribution in [2.75, 3.05) is 18.4 Å². The minimum atomic E-state index is -0.909. The van der Waals surface area contributed by atoms with Crippen LogP contribution in [0.3, 0.4) is 0 Å². The quantitative estimate of drug-likeness (QED) is 0.889. The lowest BCUT2D eigenvalue weighted by Crippen LogP contribution is -2.42. The van der Waals surface area contributed by atoms with Gasteiger partial charge in [-0.3, -0.25) is 0 Å². The maximum Gasteiger partial charge on any atom is 0.335 e. The molecule has 3 rings (SSSR count). The van der Waals surface area contributed by atoms with E-state index in [1.165, 1.54) is 0 Å². The average molecular weight is 338 g/mol. The van der Waals surface area contributed by atoms with Crippen molar-refractivity contribution in [3.8, 4) is 0 Å². The molecule has 0 radical (unpaired) electrons. The highest BCUT2D eigenvalue weighted by Crippen LogP contribution is 2.22. The van der Waals surface area contributed by atoms with E-state index in [-0.39, 0.29) is 6.03 Å². The fourth-order valence-electron chi connectivity index (χ4n) is 3.26. The Bertz CT molecular complexity index is 728. The van der Waals surface area contributed by atoms with Crippen molar-refractivity contribution < 1.29 is 14.7 Å². The molecule has 2 aromatic carbocycles. The van der Waals surface area contributed by atoms with Crippen LogP contribution in [0.15, 0.2) is 54.6 Å². The van der Waals surface area contributed by atoms with Crippen LogP contribution in [0.25, 0.3) is 0 Å². The van der Waals surface area contributed by atoms with E-state index >= 15 is 0 Å². The molecule has 0 unspecified atom stereocenters. The van der Waals surface area contributed by atoms with Crippen LogP contribution in [0, 0.1) is 5.92 Å². The largest absolute Gasteiger partial charge is 0.478 e. The number of likely N-dealkylation sites (tertiary alicyclic amines) is 1. The highest BCUT2D eigenvalue weighted by Gasteiger charge is 2.24. The highest BCUT2D eigenvalue weighted by atomic mass is 16.4. The number of carbonyl (C=O) groups is 2. The number of benzene rings is 2. The molecule has 0 spiro atoms. The molecular formula is C20H22N2O3. The number of carboxylic acid groups (broad SMARTS) is 1. The minimum absolute atomic E-state index is 0.0582. The summed E-state index contributed by atoms with van der Waals surface area (Å²) in [5.41, 5.74) is 2.22. The van der Waals surface area contributed by atoms with E-state index in [1.807, 2.05) is 47.4 Å². The van der Waals surface area contributed by atoms with Crippen LogP contribution in [-0.4, -0.2) is 35.1 Å². The number of piperidine rings is 1. The maximum atomic E-state index is 12.4. The number of aromatic carboxylic acids is 1. The van der Waals surface area contributed by atoms with Gasteiger partial charge < -0.3 is 15.3 Å². The number of rotatable bonds is 4. The fourth-order valence-corrected chi connectivity index (χ4v) is 3.26. The summed E-state index contributed by atoms with van der Waals surface area (Å²) >= 11 is 0. The number of carbonyl (C=O) groups excluding carboxylic acids is 1. The van der Waals surface area contributed by atoms with Gasteiger partial charge in [0.25, 0.3) is 0 Å². The first-order valence-corrected chi connectivity index (χ1v) is 8.55. The van der Waals surface area contributed by atoms with E-state index in [9.17, 15) is 9.59 Å². The van der Waals surface area contributed by atoms with Crippen molar-refractivity contribution in [1.29, 1.82) is 0 Å². The summed E-state index contributed by atoms with van der Waals surface area (Å²) in [6.45, 7) is 1.49. The Kier molecular flexibility index (Phi) is 5.33. The predicted octanol–water partition coefficient (Wildman–Crippen LogP) is 3.87. The lowest BCUT2D eigenvalue weighted by Gasteiger charge is -2.33. The Morgan fingerprint density at radius 3 is 2.48 bits per heavy atom. The van der Waals surface area contributed by atoms with Crippen molar-refractivity contribution in [3.63, 3.8) is 0 Å². The van der Waals surface area contributed by atoms with E-state index in [2.05, 4.69) is 5.32 Å². The molecule has 1 aliphatic rings. The van der Waals surface area contributed by atoms with Crippen LogP contribution in [0.5, 0.6) is 0 Å². The number of nitrogens with zero attached hydrogens (tertiary/aromatic N) is 1. The molecule has 0 aromatic heterocycles. The Hall–Kier alpha value is -2.82. The second-order valence-electron chi connectivity index (χ2n) is 6.46. The topological polar surface area (TPSA) is 69.6 Å². The van der Waals surface area contributed by atoms with E-state index in [0.29, 0.717) is 11.5 Å². The lowest BCUT2D eigenvalue weighted by molar-refractivity contribution is 0.0697. The van der Waals surface area contributed by atoms with Gasteiger partial charge >= 0.3 is 12.0 Å². The second kappa shape index (κ2) is 7.83. The number of amides is 2. The first-order valence-electron chi connectivity index (χ1n) is 8.55. The molecular weight excluding hydrogens is 316 g/mol. The third-order valence-electron chi connectivity index (χ3n) is 4.56. The number of carboxylic acids is 1. The van der Waals surface area contributed by atoms with Crippen molar-refractivity contribution in [2.24, 2.45) is 5.92 Å². The van der Waals surface area contributed by atoms with Gasteiger partial charge in [0.1, 0.15) is 0 Å². The van der Waals surface area contributed by atoms with Crippen LogP contribution in [0.2, 0.25) is 0 Å². The standard InChI is InChI=1S/C20H22N2O3/c23-19(24)17-10-8-15(9-11-17)13-16-5-4-12-22(14-16)20(25)21-18-6-2-1-3-7-18/h1-3,6-11,16H,4-5,12-14H2,(H,21,25)(H,23,24)/t16-/m1/s1. The molecule has 1 saturated heterocycles. The molecule has 130 valence electrons. The van der Waals surface area contributed by atoms with Gasteiger partial charge in [0, 0.05) is 18.8 Å². The van der Waals surface area contributed by atoms with E-state index in [1.54, 1.807) is 12.1 Å². The zero-order valence-electron chi connectivity index (χ0n) is 14.0. The smallest absolute Gasteiger partial charge is 0.335 e. The van der Waals surface area contributed by atoms with Gasteiger partial charge in [0.15, 0.2) is 0 Å². The molecule has 0 aliphatic carbocycles. The van der Waals surface area contributed by atoms with Crippen molar-refractivity contribution in [2.45, 2.75) is 19.3 Å². The van der Waals surface area contributed by atoms with Gasteiger partial charge in [-0.2, -0.15) is 0 Å². The summed E-state index contributed by atoms with van der Waals surface area (Å²) in [6.07, 6.45) is 2.92. The van der Waals surface area contributed by atoms with Gasteiger partial charge in [0.2, 0.25) is 0 Å². The molecule has 2 amide bonds. The molecule has 1 aliphatic heterocycles. The highest BCUT2D eigenvalue weighted by molar-refractivity contribution is 5.89. The summed E-state index contributed by atoms with van der Waals surface area (Å²) in [6, 6.07) is 16.4. The lowest BCUT2D eigenvalue weighted by atomic mass is 9.91. The van der Waals surface area contributed by atoms with Crippen molar-refractivity contribution >= 4 is 17.7 Å². The normalized spacial score (nSPS) is 17.1. The Morgan fingerprint density at radius 2 is 1.80 bits per heavy atom. The first kappa shape index (κ1) is 17.0. The molecule has 5 heteroatoms. The fraction of sp³-hybridized carbons (Fsp3) is 0.300. The molecule has 2 aromatic rings. The summed E-state index contributed by atoms with van der Waals surface area (Å²) in [5, 5.41) is 11.9. The van der Waals surface area contributed by atoms with Crippen LogP contribution in [0.1, 0.15) is 28.8 Å². The van der Waals surface area contributed by atoms with Gasteiger partial charge in [0.05, 0.1) is 5.56 Å². The van der Waals surface area contributed by atoms with E-state index in [4.69, 9.17) is 5.11 Å². The van der Waals surface area contributed by atoms with Crippen LogP contribution in [-0.2, 0) is 6.42 Å². The summed E-state index contributed by atoms with van der Waals surface area (Å²) in [7, 11) is 0. The zero-order valence-corrected chi connectivity index (χ0v) is 14.0. The number of para-hydroxylation sites is 1. The van der Waals surface area contributed by atoms with Gasteiger partial charge in [-0.05, 0) is 55.0 Å². The number of hydrogen-bond acceptors (Lipinski definition) is 2. The SMILES string of the molecule is O=C(O)c1ccc(C[C@H]2CCCN(C(=O)Nc3ccccc3)C2)cc1. The van der Waals surface area contributed by atoms with Gasteiger partial charge in [-0.1, -0.05) is 30.3 Å². The van der Waals surface area contributed by atoms with E-state index < -0.39 is 5.97 Å². The maximum absolute atomic E-state index is 12.4. The number of hydrogen-bond donors (Lipinski definition) is 2. The van der Waals surface area contributed by atoms with Crippen molar-refractivity contribution in [3.05, 3.63) is 65.7 Å². The molecule has 0 saturated carbocycles. The monoisotopic (exact) mass is 338 g/mol. The molecule has 2 N–H and O–H groups in total. The summed E-state index contributed by atoms with van der Waals surface area (Å²) < 4.78 is 0. The number of urea groups is 1. The van der Waals surface area contributed by atoms with Crippen LogP contribution in [0.4, 0.5) is 10.5 Å². The zero-order chi connectivity index (χ0) is 17.6. The average Bonchev–Trinajstić information content (AvgIpc) is 2.63.